The second-order valence-electron chi connectivity index (χ2n) is 6.15. The van der Waals surface area contributed by atoms with Gasteiger partial charge in [-0.05, 0) is 13.0 Å². The summed E-state index contributed by atoms with van der Waals surface area (Å²) in [5.74, 6) is 1.41. The van der Waals surface area contributed by atoms with Crippen molar-refractivity contribution < 1.29 is 9.47 Å². The molecule has 2 aromatic heterocycles. The Morgan fingerprint density at radius 3 is 2.96 bits per heavy atom. The second kappa shape index (κ2) is 11.4. The monoisotopic (exact) mass is 520 g/mol. The van der Waals surface area contributed by atoms with Crippen LogP contribution in [0.4, 0.5) is 0 Å². The van der Waals surface area contributed by atoms with Crippen LogP contribution >= 0.6 is 35.6 Å². The van der Waals surface area contributed by atoms with Gasteiger partial charge in [0.25, 0.3) is 0 Å². The lowest BCUT2D eigenvalue weighted by atomic mass is 10.1. The Labute approximate surface area is 187 Å². The fraction of sp³-hybridized carbons (Fsp3) is 0.500. The highest BCUT2D eigenvalue weighted by Crippen LogP contribution is 2.21. The van der Waals surface area contributed by atoms with E-state index in [1.54, 1.807) is 23.0 Å². The smallest absolute Gasteiger partial charge is 0.213 e. The third-order valence-corrected chi connectivity index (χ3v) is 4.32. The Morgan fingerprint density at radius 1 is 1.43 bits per heavy atom. The number of ether oxygens (including phenoxy) is 2. The summed E-state index contributed by atoms with van der Waals surface area (Å²) in [4.78, 5) is 11.0. The van der Waals surface area contributed by atoms with Gasteiger partial charge in [0, 0.05) is 44.2 Å². The van der Waals surface area contributed by atoms with Gasteiger partial charge in [0.1, 0.15) is 12.7 Å². The molecule has 0 radical (unpaired) electrons. The van der Waals surface area contributed by atoms with E-state index in [-0.39, 0.29) is 30.1 Å². The van der Waals surface area contributed by atoms with Crippen molar-refractivity contribution in [1.82, 2.24) is 25.0 Å². The van der Waals surface area contributed by atoms with Crippen LogP contribution in [0.25, 0.3) is 0 Å². The van der Waals surface area contributed by atoms with Gasteiger partial charge in [-0.3, -0.25) is 4.68 Å². The highest BCUT2D eigenvalue weighted by Gasteiger charge is 2.25. The Balaban J connectivity index is 0.00000280. The first-order valence-corrected chi connectivity index (χ1v) is 9.41. The molecule has 0 spiro atoms. The third kappa shape index (κ3) is 6.49. The maximum Gasteiger partial charge on any atom is 0.213 e. The van der Waals surface area contributed by atoms with Crippen molar-refractivity contribution >= 4 is 41.5 Å². The first-order chi connectivity index (χ1) is 13.2. The molecule has 1 saturated heterocycles. The number of aliphatic imine (C=N–C) groups is 1. The number of aromatic nitrogens is 3. The fourth-order valence-corrected chi connectivity index (χ4v) is 2.94. The number of rotatable bonds is 6. The summed E-state index contributed by atoms with van der Waals surface area (Å²) >= 11 is 5.82. The minimum atomic E-state index is -0.00850. The summed E-state index contributed by atoms with van der Waals surface area (Å²) in [7, 11) is 1.91. The highest BCUT2D eigenvalue weighted by atomic mass is 127. The predicted octanol–water partition coefficient (Wildman–Crippen LogP) is 2.50. The molecule has 10 heteroatoms. The van der Waals surface area contributed by atoms with E-state index in [1.807, 2.05) is 19.4 Å². The van der Waals surface area contributed by atoms with E-state index < -0.39 is 0 Å². The molecule has 2 aromatic rings. The normalized spacial score (nSPS) is 17.2. The van der Waals surface area contributed by atoms with Gasteiger partial charge < -0.3 is 19.7 Å². The molecule has 3 heterocycles. The molecule has 8 nitrogen and oxygen atoms in total. The van der Waals surface area contributed by atoms with Crippen molar-refractivity contribution in [3.8, 4) is 5.88 Å². The average Bonchev–Trinajstić information content (AvgIpc) is 3.12. The SMILES string of the molecule is CCNC(=NCCOc1ccc(Cl)cn1)N1CCOC(c2cnn(C)c2)C1.I. The molecular formula is C18H26ClIN6O2. The van der Waals surface area contributed by atoms with Crippen molar-refractivity contribution in [1.29, 1.82) is 0 Å². The van der Waals surface area contributed by atoms with Crippen LogP contribution in [0.1, 0.15) is 18.6 Å². The van der Waals surface area contributed by atoms with Crippen molar-refractivity contribution in [2.24, 2.45) is 12.0 Å². The van der Waals surface area contributed by atoms with Crippen LogP contribution in [0.3, 0.4) is 0 Å². The molecule has 154 valence electrons. The number of hydrogen-bond donors (Lipinski definition) is 1. The molecule has 1 N–H and O–H groups in total. The van der Waals surface area contributed by atoms with E-state index in [4.69, 9.17) is 21.1 Å². The molecule has 1 unspecified atom stereocenters. The van der Waals surface area contributed by atoms with Gasteiger partial charge >= 0.3 is 0 Å². The second-order valence-corrected chi connectivity index (χ2v) is 6.59. The quantitative estimate of drug-likeness (QED) is 0.273. The van der Waals surface area contributed by atoms with E-state index in [0.717, 1.165) is 31.2 Å². The molecule has 1 fully saturated rings. The van der Waals surface area contributed by atoms with Crippen molar-refractivity contribution in [2.45, 2.75) is 13.0 Å². The summed E-state index contributed by atoms with van der Waals surface area (Å²) in [5.41, 5.74) is 1.08. The first kappa shape index (κ1) is 22.7. The van der Waals surface area contributed by atoms with E-state index in [2.05, 4.69) is 32.2 Å². The molecule has 1 atom stereocenters. The van der Waals surface area contributed by atoms with Crippen molar-refractivity contribution in [3.63, 3.8) is 0 Å². The lowest BCUT2D eigenvalue weighted by Gasteiger charge is -2.34. The van der Waals surface area contributed by atoms with E-state index >= 15 is 0 Å². The Hall–Kier alpha value is -1.59. The summed E-state index contributed by atoms with van der Waals surface area (Å²) in [5, 5.41) is 8.17. The molecule has 0 aliphatic carbocycles. The molecular weight excluding hydrogens is 495 g/mol. The average molecular weight is 521 g/mol. The molecule has 0 bridgehead atoms. The van der Waals surface area contributed by atoms with Crippen molar-refractivity contribution in [3.05, 3.63) is 41.3 Å². The van der Waals surface area contributed by atoms with Crippen LogP contribution in [0.5, 0.6) is 5.88 Å². The van der Waals surface area contributed by atoms with Crippen LogP contribution in [-0.4, -0.2) is 65.0 Å². The van der Waals surface area contributed by atoms with E-state index in [1.165, 1.54) is 0 Å². The molecule has 0 saturated carbocycles. The number of halogens is 2. The number of pyridine rings is 1. The Kier molecular flexibility index (Phi) is 9.26. The van der Waals surface area contributed by atoms with Crippen LogP contribution in [-0.2, 0) is 11.8 Å². The van der Waals surface area contributed by atoms with Gasteiger partial charge in [0.15, 0.2) is 5.96 Å². The summed E-state index contributed by atoms with van der Waals surface area (Å²) in [6.07, 6.45) is 5.40. The van der Waals surface area contributed by atoms with Gasteiger partial charge in [-0.2, -0.15) is 5.10 Å². The Bertz CT molecular complexity index is 755. The van der Waals surface area contributed by atoms with Gasteiger partial charge in [-0.1, -0.05) is 11.6 Å². The molecule has 0 amide bonds. The Morgan fingerprint density at radius 2 is 2.29 bits per heavy atom. The lowest BCUT2D eigenvalue weighted by molar-refractivity contribution is -0.00805. The molecule has 28 heavy (non-hydrogen) atoms. The predicted molar refractivity (Wildman–Crippen MR) is 120 cm³/mol. The van der Waals surface area contributed by atoms with Crippen LogP contribution in [0.2, 0.25) is 5.02 Å². The largest absolute Gasteiger partial charge is 0.476 e. The first-order valence-electron chi connectivity index (χ1n) is 9.03. The van der Waals surface area contributed by atoms with Crippen molar-refractivity contribution in [2.75, 3.05) is 39.4 Å². The number of guanidine groups is 1. The summed E-state index contributed by atoms with van der Waals surface area (Å²) in [6.45, 7) is 6.01. The third-order valence-electron chi connectivity index (χ3n) is 4.10. The minimum absolute atomic E-state index is 0. The summed E-state index contributed by atoms with van der Waals surface area (Å²) < 4.78 is 13.3. The fourth-order valence-electron chi connectivity index (χ4n) is 2.82. The molecule has 3 rings (SSSR count). The van der Waals surface area contributed by atoms with E-state index in [9.17, 15) is 0 Å². The van der Waals surface area contributed by atoms with Crippen LogP contribution in [0, 0.1) is 0 Å². The van der Waals surface area contributed by atoms with Crippen LogP contribution < -0.4 is 10.1 Å². The number of nitrogens with one attached hydrogen (secondary N) is 1. The standard InChI is InChI=1S/C18H25ClN6O2.HI/c1-3-20-18(21-6-8-27-17-5-4-15(19)11-22-17)25-7-9-26-16(13-25)14-10-23-24(2)12-14;/h4-5,10-12,16H,3,6-9,13H2,1-2H3,(H,20,21);1H. The van der Waals surface area contributed by atoms with Gasteiger partial charge in [0.2, 0.25) is 5.88 Å². The van der Waals surface area contributed by atoms with Gasteiger partial charge in [0.05, 0.1) is 30.9 Å². The summed E-state index contributed by atoms with van der Waals surface area (Å²) in [6, 6.07) is 3.50. The molecule has 0 aromatic carbocycles. The zero-order valence-corrected chi connectivity index (χ0v) is 19.1. The number of hydrogen-bond acceptors (Lipinski definition) is 5. The van der Waals surface area contributed by atoms with Gasteiger partial charge in [-0.15, -0.1) is 24.0 Å². The topological polar surface area (TPSA) is 76.8 Å². The number of morpholine rings is 1. The highest BCUT2D eigenvalue weighted by molar-refractivity contribution is 14.0. The van der Waals surface area contributed by atoms with Crippen LogP contribution in [0.15, 0.2) is 35.7 Å². The molecule has 1 aliphatic rings. The van der Waals surface area contributed by atoms with Gasteiger partial charge in [-0.25, -0.2) is 9.98 Å². The zero-order chi connectivity index (χ0) is 19.1. The maximum absolute atomic E-state index is 5.91. The number of nitrogens with zero attached hydrogens (tertiary/aromatic N) is 5. The lowest BCUT2D eigenvalue weighted by Crippen LogP contribution is -2.48. The maximum atomic E-state index is 5.91. The molecule has 1 aliphatic heterocycles. The minimum Gasteiger partial charge on any atom is -0.476 e. The number of aryl methyl sites for hydroxylation is 1. The zero-order valence-electron chi connectivity index (χ0n) is 16.0. The van der Waals surface area contributed by atoms with E-state index in [0.29, 0.717) is 30.7 Å².